The molecule has 4 nitrogen and oxygen atoms in total. The van der Waals surface area contributed by atoms with Crippen LogP contribution in [0.25, 0.3) is 0 Å². The third-order valence-electron chi connectivity index (χ3n) is 3.69. The van der Waals surface area contributed by atoms with E-state index in [1.165, 1.54) is 0 Å². The van der Waals surface area contributed by atoms with Gasteiger partial charge in [-0.25, -0.2) is 0 Å². The maximum Gasteiger partial charge on any atom is 0.222 e. The van der Waals surface area contributed by atoms with Gasteiger partial charge in [0, 0.05) is 24.8 Å². The molecule has 0 spiro atoms. The lowest BCUT2D eigenvalue weighted by atomic mass is 10.1. The summed E-state index contributed by atoms with van der Waals surface area (Å²) in [4.78, 5) is 18.3. The fourth-order valence-corrected chi connectivity index (χ4v) is 2.34. The molecule has 1 aromatic heterocycles. The quantitative estimate of drug-likeness (QED) is 0.871. The first kappa shape index (κ1) is 12.9. The third-order valence-corrected chi connectivity index (χ3v) is 3.69. The number of aromatic nitrogens is 1. The van der Waals surface area contributed by atoms with Crippen LogP contribution in [0.3, 0.4) is 0 Å². The number of anilines is 1. The number of hydrogen-bond donors (Lipinski definition) is 1. The average Bonchev–Trinajstić information content (AvgIpc) is 2.56. The number of rotatable bonds is 2. The molecule has 2 N–H and O–H groups in total. The predicted octanol–water partition coefficient (Wildman–Crippen LogP) is 2.18. The zero-order valence-corrected chi connectivity index (χ0v) is 11.2. The van der Waals surface area contributed by atoms with Gasteiger partial charge in [0.1, 0.15) is 0 Å². The lowest BCUT2D eigenvalue weighted by Crippen LogP contribution is -2.30. The molecule has 0 radical (unpaired) electrons. The molecule has 2 rings (SSSR count). The van der Waals surface area contributed by atoms with Gasteiger partial charge in [0.2, 0.25) is 5.91 Å². The van der Waals surface area contributed by atoms with E-state index in [4.69, 9.17) is 5.73 Å². The molecule has 0 bridgehead atoms. The van der Waals surface area contributed by atoms with Gasteiger partial charge in [-0.3, -0.25) is 9.78 Å². The van der Waals surface area contributed by atoms with Crippen molar-refractivity contribution in [1.82, 2.24) is 9.88 Å². The van der Waals surface area contributed by atoms with Crippen molar-refractivity contribution >= 4 is 11.6 Å². The van der Waals surface area contributed by atoms with Crippen LogP contribution in [-0.4, -0.2) is 22.3 Å². The van der Waals surface area contributed by atoms with Crippen molar-refractivity contribution in [3.05, 3.63) is 23.0 Å². The monoisotopic (exact) mass is 247 g/mol. The van der Waals surface area contributed by atoms with E-state index >= 15 is 0 Å². The molecule has 98 valence electrons. The summed E-state index contributed by atoms with van der Waals surface area (Å²) in [5.74, 6) is 0.243. The van der Waals surface area contributed by atoms with Gasteiger partial charge in [0.25, 0.3) is 0 Å². The molecular weight excluding hydrogens is 226 g/mol. The van der Waals surface area contributed by atoms with E-state index in [-0.39, 0.29) is 5.91 Å². The van der Waals surface area contributed by atoms with Crippen molar-refractivity contribution < 1.29 is 4.79 Å². The molecule has 0 unspecified atom stereocenters. The standard InChI is InChI=1S/C14H21N3O/c1-10-8-16-12(11(2)14(10)15)9-17-7-5-3-4-6-13(17)18/h8H,3-7,9H2,1-2H3,(H2,15,16). The van der Waals surface area contributed by atoms with Crippen molar-refractivity contribution in [3.63, 3.8) is 0 Å². The second kappa shape index (κ2) is 5.38. The highest BCUT2D eigenvalue weighted by Crippen LogP contribution is 2.20. The highest BCUT2D eigenvalue weighted by molar-refractivity contribution is 5.76. The Balaban J connectivity index is 2.18. The van der Waals surface area contributed by atoms with Gasteiger partial charge in [-0.05, 0) is 37.8 Å². The molecule has 1 aliphatic rings. The molecule has 0 aliphatic carbocycles. The molecule has 1 saturated heterocycles. The largest absolute Gasteiger partial charge is 0.398 e. The SMILES string of the molecule is Cc1cnc(CN2CCCCCC2=O)c(C)c1N. The van der Waals surface area contributed by atoms with Crippen LogP contribution in [0.2, 0.25) is 0 Å². The number of carbonyl (C=O) groups excluding carboxylic acids is 1. The summed E-state index contributed by atoms with van der Waals surface area (Å²) in [7, 11) is 0. The van der Waals surface area contributed by atoms with E-state index in [1.807, 2.05) is 18.7 Å². The van der Waals surface area contributed by atoms with E-state index in [1.54, 1.807) is 6.20 Å². The second-order valence-corrected chi connectivity index (χ2v) is 5.05. The third kappa shape index (κ3) is 2.63. The number of pyridine rings is 1. The summed E-state index contributed by atoms with van der Waals surface area (Å²) in [6.07, 6.45) is 5.70. The molecule has 2 heterocycles. The van der Waals surface area contributed by atoms with Gasteiger partial charge in [-0.15, -0.1) is 0 Å². The van der Waals surface area contributed by atoms with Crippen molar-refractivity contribution in [1.29, 1.82) is 0 Å². The number of nitrogen functional groups attached to an aromatic ring is 1. The van der Waals surface area contributed by atoms with E-state index in [9.17, 15) is 4.79 Å². The normalized spacial score (nSPS) is 16.8. The number of nitrogens with two attached hydrogens (primary N) is 1. The summed E-state index contributed by atoms with van der Waals surface area (Å²) < 4.78 is 0. The molecule has 18 heavy (non-hydrogen) atoms. The first-order valence-electron chi connectivity index (χ1n) is 6.58. The minimum atomic E-state index is 0.243. The summed E-state index contributed by atoms with van der Waals surface area (Å²) in [6.45, 7) is 5.37. The average molecular weight is 247 g/mol. The van der Waals surface area contributed by atoms with Gasteiger partial charge < -0.3 is 10.6 Å². The Hall–Kier alpha value is -1.58. The van der Waals surface area contributed by atoms with Crippen LogP contribution in [-0.2, 0) is 11.3 Å². The lowest BCUT2D eigenvalue weighted by Gasteiger charge is -2.21. The summed E-state index contributed by atoms with van der Waals surface area (Å²) in [5.41, 5.74) is 9.73. The fourth-order valence-electron chi connectivity index (χ4n) is 2.34. The molecule has 0 atom stereocenters. The zero-order valence-electron chi connectivity index (χ0n) is 11.2. The van der Waals surface area contributed by atoms with Crippen LogP contribution in [0, 0.1) is 13.8 Å². The number of nitrogens with zero attached hydrogens (tertiary/aromatic N) is 2. The lowest BCUT2D eigenvalue weighted by molar-refractivity contribution is -0.131. The smallest absolute Gasteiger partial charge is 0.222 e. The van der Waals surface area contributed by atoms with Gasteiger partial charge in [0.05, 0.1) is 12.2 Å². The first-order valence-corrected chi connectivity index (χ1v) is 6.58. The molecule has 0 saturated carbocycles. The Morgan fingerprint density at radius 1 is 1.33 bits per heavy atom. The summed E-state index contributed by atoms with van der Waals surface area (Å²) in [6, 6.07) is 0. The Morgan fingerprint density at radius 3 is 2.89 bits per heavy atom. The summed E-state index contributed by atoms with van der Waals surface area (Å²) >= 11 is 0. The van der Waals surface area contributed by atoms with Crippen molar-refractivity contribution in [2.45, 2.75) is 46.1 Å². The fraction of sp³-hybridized carbons (Fsp3) is 0.571. The molecule has 4 heteroatoms. The van der Waals surface area contributed by atoms with Gasteiger partial charge in [-0.1, -0.05) is 6.42 Å². The van der Waals surface area contributed by atoms with E-state index in [0.29, 0.717) is 13.0 Å². The minimum Gasteiger partial charge on any atom is -0.398 e. The first-order chi connectivity index (χ1) is 8.59. The number of aryl methyl sites for hydroxylation is 1. The Morgan fingerprint density at radius 2 is 2.11 bits per heavy atom. The highest BCUT2D eigenvalue weighted by atomic mass is 16.2. The maximum atomic E-state index is 11.9. The Kier molecular flexibility index (Phi) is 3.84. The van der Waals surface area contributed by atoms with Gasteiger partial charge in [0.15, 0.2) is 0 Å². The van der Waals surface area contributed by atoms with Crippen LogP contribution in [0.5, 0.6) is 0 Å². The Labute approximate surface area is 108 Å². The maximum absolute atomic E-state index is 11.9. The van der Waals surface area contributed by atoms with E-state index in [2.05, 4.69) is 4.98 Å². The van der Waals surface area contributed by atoms with Crippen LogP contribution in [0.4, 0.5) is 5.69 Å². The molecule has 1 fully saturated rings. The zero-order chi connectivity index (χ0) is 13.1. The molecular formula is C14H21N3O. The van der Waals surface area contributed by atoms with E-state index < -0.39 is 0 Å². The van der Waals surface area contributed by atoms with Gasteiger partial charge in [-0.2, -0.15) is 0 Å². The number of carbonyl (C=O) groups is 1. The number of likely N-dealkylation sites (tertiary alicyclic amines) is 1. The number of hydrogen-bond acceptors (Lipinski definition) is 3. The van der Waals surface area contributed by atoms with Crippen LogP contribution in [0.1, 0.15) is 42.5 Å². The van der Waals surface area contributed by atoms with Gasteiger partial charge >= 0.3 is 0 Å². The second-order valence-electron chi connectivity index (χ2n) is 5.05. The number of amides is 1. The predicted molar refractivity (Wildman–Crippen MR) is 72.0 cm³/mol. The van der Waals surface area contributed by atoms with Crippen LogP contribution in [0.15, 0.2) is 6.20 Å². The molecule has 1 aromatic rings. The molecule has 1 aliphatic heterocycles. The van der Waals surface area contributed by atoms with Crippen LogP contribution < -0.4 is 5.73 Å². The van der Waals surface area contributed by atoms with Crippen molar-refractivity contribution in [2.75, 3.05) is 12.3 Å². The topological polar surface area (TPSA) is 59.2 Å². The van der Waals surface area contributed by atoms with Crippen molar-refractivity contribution in [3.8, 4) is 0 Å². The van der Waals surface area contributed by atoms with E-state index in [0.717, 1.165) is 48.3 Å². The highest BCUT2D eigenvalue weighted by Gasteiger charge is 2.18. The summed E-state index contributed by atoms with van der Waals surface area (Å²) in [5, 5.41) is 0. The molecule has 0 aromatic carbocycles. The van der Waals surface area contributed by atoms with Crippen molar-refractivity contribution in [2.24, 2.45) is 0 Å². The Bertz CT molecular complexity index is 457. The van der Waals surface area contributed by atoms with Crippen LogP contribution >= 0.6 is 0 Å². The minimum absolute atomic E-state index is 0.243. The molecule has 1 amide bonds.